The highest BCUT2D eigenvalue weighted by Gasteiger charge is 2.35. The van der Waals surface area contributed by atoms with Crippen LogP contribution in [0.3, 0.4) is 0 Å². The number of hydrogen-bond acceptors (Lipinski definition) is 8. The lowest BCUT2D eigenvalue weighted by Crippen LogP contribution is -2.53. The minimum Gasteiger partial charge on any atom is -0.371 e. The molecule has 1 aromatic carbocycles. The van der Waals surface area contributed by atoms with E-state index in [4.69, 9.17) is 5.26 Å². The largest absolute Gasteiger partial charge is 0.371 e. The minimum absolute atomic E-state index is 0.122. The molecule has 3 aromatic heterocycles. The fourth-order valence-electron chi connectivity index (χ4n) is 5.01. The molecule has 1 saturated heterocycles. The molecule has 1 aliphatic rings. The molecule has 5 rings (SSSR count). The van der Waals surface area contributed by atoms with E-state index < -0.39 is 0 Å². The van der Waals surface area contributed by atoms with E-state index >= 15 is 0 Å². The molecular formula is C24H27N9O. The van der Waals surface area contributed by atoms with Crippen LogP contribution < -0.4 is 15.5 Å². The van der Waals surface area contributed by atoms with E-state index in [1.54, 1.807) is 30.3 Å². The molecule has 0 saturated carbocycles. The summed E-state index contributed by atoms with van der Waals surface area (Å²) in [6.07, 6.45) is 6.05. The van der Waals surface area contributed by atoms with Crippen LogP contribution in [0.2, 0.25) is 0 Å². The van der Waals surface area contributed by atoms with Gasteiger partial charge in [-0.25, -0.2) is 4.79 Å². The Labute approximate surface area is 197 Å². The number of fused-ring (bicyclic) bond motifs is 2. The third-order valence-corrected chi connectivity index (χ3v) is 6.92. The maximum atomic E-state index is 12.6. The number of anilines is 2. The Morgan fingerprint density at radius 3 is 2.74 bits per heavy atom. The molecule has 0 aliphatic carbocycles. The maximum Gasteiger partial charge on any atom is 0.349 e. The lowest BCUT2D eigenvalue weighted by Gasteiger charge is -2.46. The SMILES string of the molecule is C[C@@H]1CN(c2nc(=O)n(C)c3cn(CC#N)nc23)[C@@H](C)CC1N(C)c1ccc2nccnc2c1. The summed E-state index contributed by atoms with van der Waals surface area (Å²) >= 11 is 0. The molecule has 0 spiro atoms. The highest BCUT2D eigenvalue weighted by molar-refractivity contribution is 5.86. The average Bonchev–Trinajstić information content (AvgIpc) is 3.26. The number of benzene rings is 1. The van der Waals surface area contributed by atoms with Crippen LogP contribution in [-0.2, 0) is 13.6 Å². The molecular weight excluding hydrogens is 430 g/mol. The Kier molecular flexibility index (Phi) is 5.40. The summed E-state index contributed by atoms with van der Waals surface area (Å²) in [6, 6.07) is 8.74. The lowest BCUT2D eigenvalue weighted by molar-refractivity contribution is 0.326. The summed E-state index contributed by atoms with van der Waals surface area (Å²) < 4.78 is 3.05. The van der Waals surface area contributed by atoms with Gasteiger partial charge in [0.1, 0.15) is 6.54 Å². The zero-order chi connectivity index (χ0) is 24.0. The summed E-state index contributed by atoms with van der Waals surface area (Å²) in [6.45, 7) is 5.25. The van der Waals surface area contributed by atoms with Crippen molar-refractivity contribution in [2.75, 3.05) is 23.4 Å². The minimum atomic E-state index is -0.324. The van der Waals surface area contributed by atoms with E-state index in [0.717, 1.165) is 29.7 Å². The highest BCUT2D eigenvalue weighted by atomic mass is 16.1. The number of nitrogens with zero attached hydrogens (tertiary/aromatic N) is 9. The summed E-state index contributed by atoms with van der Waals surface area (Å²) in [5.41, 5.74) is 3.88. The molecule has 10 nitrogen and oxygen atoms in total. The van der Waals surface area contributed by atoms with Gasteiger partial charge in [0.15, 0.2) is 11.3 Å². The summed E-state index contributed by atoms with van der Waals surface area (Å²) in [5.74, 6) is 0.900. The van der Waals surface area contributed by atoms with Crippen LogP contribution in [0.4, 0.5) is 11.5 Å². The number of rotatable bonds is 4. The van der Waals surface area contributed by atoms with Gasteiger partial charge in [0.2, 0.25) is 0 Å². The van der Waals surface area contributed by atoms with E-state index in [1.165, 1.54) is 4.57 Å². The van der Waals surface area contributed by atoms with Gasteiger partial charge in [-0.3, -0.25) is 19.2 Å². The van der Waals surface area contributed by atoms with Gasteiger partial charge in [0.25, 0.3) is 0 Å². The molecule has 34 heavy (non-hydrogen) atoms. The van der Waals surface area contributed by atoms with Crippen molar-refractivity contribution in [3.05, 3.63) is 47.3 Å². The van der Waals surface area contributed by atoms with Crippen LogP contribution in [0, 0.1) is 17.2 Å². The monoisotopic (exact) mass is 457 g/mol. The molecule has 1 fully saturated rings. The molecule has 0 N–H and O–H groups in total. The fourth-order valence-corrected chi connectivity index (χ4v) is 5.01. The van der Waals surface area contributed by atoms with Gasteiger partial charge in [0.05, 0.1) is 28.8 Å². The molecule has 3 atom stereocenters. The van der Waals surface area contributed by atoms with Crippen LogP contribution in [0.5, 0.6) is 0 Å². The van der Waals surface area contributed by atoms with Crippen molar-refractivity contribution < 1.29 is 0 Å². The lowest BCUT2D eigenvalue weighted by atomic mass is 9.88. The topological polar surface area (TPSA) is 109 Å². The molecule has 0 amide bonds. The summed E-state index contributed by atoms with van der Waals surface area (Å²) in [5, 5.41) is 13.7. The van der Waals surface area contributed by atoms with Crippen LogP contribution in [0.15, 0.2) is 41.6 Å². The van der Waals surface area contributed by atoms with Gasteiger partial charge >= 0.3 is 5.69 Å². The normalized spacial score (nSPS) is 20.6. The van der Waals surface area contributed by atoms with Crippen LogP contribution >= 0.6 is 0 Å². The van der Waals surface area contributed by atoms with Crippen LogP contribution in [-0.4, -0.2) is 55.0 Å². The van der Waals surface area contributed by atoms with Gasteiger partial charge < -0.3 is 9.80 Å². The third-order valence-electron chi connectivity index (χ3n) is 6.92. The molecule has 174 valence electrons. The van der Waals surface area contributed by atoms with Gasteiger partial charge in [-0.1, -0.05) is 6.92 Å². The zero-order valence-electron chi connectivity index (χ0n) is 19.8. The van der Waals surface area contributed by atoms with Crippen molar-refractivity contribution in [2.45, 2.75) is 38.9 Å². The van der Waals surface area contributed by atoms with Crippen molar-refractivity contribution in [3.8, 4) is 6.07 Å². The van der Waals surface area contributed by atoms with Gasteiger partial charge in [-0.15, -0.1) is 0 Å². The Hall–Kier alpha value is -4.00. The van der Waals surface area contributed by atoms with Crippen molar-refractivity contribution in [3.63, 3.8) is 0 Å². The first-order valence-corrected chi connectivity index (χ1v) is 11.4. The van der Waals surface area contributed by atoms with E-state index in [9.17, 15) is 4.79 Å². The second kappa shape index (κ2) is 8.41. The Morgan fingerprint density at radius 2 is 1.97 bits per heavy atom. The van der Waals surface area contributed by atoms with E-state index in [2.05, 4.69) is 68.9 Å². The van der Waals surface area contributed by atoms with Gasteiger partial charge in [-0.2, -0.15) is 15.3 Å². The Bertz CT molecular complexity index is 1470. The Balaban J connectivity index is 1.45. The summed E-state index contributed by atoms with van der Waals surface area (Å²) in [7, 11) is 3.81. The molecule has 0 bridgehead atoms. The number of aromatic nitrogens is 6. The second-order valence-electron chi connectivity index (χ2n) is 9.12. The van der Waals surface area contributed by atoms with E-state index in [1.807, 2.05) is 6.07 Å². The summed E-state index contributed by atoms with van der Waals surface area (Å²) in [4.78, 5) is 30.3. The number of nitriles is 1. The third kappa shape index (κ3) is 3.63. The van der Waals surface area contributed by atoms with E-state index in [0.29, 0.717) is 28.8 Å². The van der Waals surface area contributed by atoms with Crippen LogP contribution in [0.25, 0.3) is 22.1 Å². The van der Waals surface area contributed by atoms with Crippen LogP contribution in [0.1, 0.15) is 20.3 Å². The smallest absolute Gasteiger partial charge is 0.349 e. The number of hydrogen-bond donors (Lipinski definition) is 0. The van der Waals surface area contributed by atoms with Crippen molar-refractivity contribution in [2.24, 2.45) is 13.0 Å². The molecule has 1 unspecified atom stereocenters. The maximum absolute atomic E-state index is 12.6. The molecule has 1 aliphatic heterocycles. The predicted molar refractivity (Wildman–Crippen MR) is 131 cm³/mol. The first-order valence-electron chi connectivity index (χ1n) is 11.4. The van der Waals surface area contributed by atoms with Crippen molar-refractivity contribution in [1.29, 1.82) is 5.26 Å². The number of aryl methyl sites for hydroxylation is 1. The second-order valence-corrected chi connectivity index (χ2v) is 9.12. The molecule has 0 radical (unpaired) electrons. The van der Waals surface area contributed by atoms with Crippen molar-refractivity contribution >= 4 is 33.6 Å². The fraction of sp³-hybridized carbons (Fsp3) is 0.417. The first kappa shape index (κ1) is 21.8. The van der Waals surface area contributed by atoms with E-state index in [-0.39, 0.29) is 18.3 Å². The molecule has 4 aromatic rings. The molecule has 10 heteroatoms. The quantitative estimate of drug-likeness (QED) is 0.459. The standard InChI is InChI=1S/C24H27N9O/c1-15-13-33(23-22-21(31(4)24(34)28-23)14-32(29-22)10-7-25)16(2)11-20(15)30(3)17-5-6-18-19(12-17)27-9-8-26-18/h5-6,8-9,12,14-16,20H,10-11,13H2,1-4H3/t15-,16+,20?/m1/s1. The Morgan fingerprint density at radius 1 is 1.21 bits per heavy atom. The van der Waals surface area contributed by atoms with Crippen molar-refractivity contribution in [1.82, 2.24) is 29.3 Å². The number of piperidine rings is 1. The van der Waals surface area contributed by atoms with Gasteiger partial charge in [0, 0.05) is 50.8 Å². The average molecular weight is 458 g/mol. The highest BCUT2D eigenvalue weighted by Crippen LogP contribution is 2.34. The first-order chi connectivity index (χ1) is 16.4. The molecule has 4 heterocycles. The zero-order valence-corrected chi connectivity index (χ0v) is 19.8. The van der Waals surface area contributed by atoms with Gasteiger partial charge in [-0.05, 0) is 37.5 Å². The predicted octanol–water partition coefficient (Wildman–Crippen LogP) is 2.34.